The van der Waals surface area contributed by atoms with E-state index >= 15 is 0 Å². The molecule has 1 aliphatic heterocycles. The molecule has 4 nitrogen and oxygen atoms in total. The minimum atomic E-state index is -0.465. The fraction of sp³-hybridized carbons (Fsp3) is 0.579. The predicted molar refractivity (Wildman–Crippen MR) is 90.5 cm³/mol. The van der Waals surface area contributed by atoms with Gasteiger partial charge in [0.2, 0.25) is 0 Å². The van der Waals surface area contributed by atoms with Gasteiger partial charge in [0.05, 0.1) is 0 Å². The Morgan fingerprint density at radius 1 is 1.22 bits per heavy atom. The highest BCUT2D eigenvalue weighted by molar-refractivity contribution is 5.95. The fourth-order valence-electron chi connectivity index (χ4n) is 2.90. The summed E-state index contributed by atoms with van der Waals surface area (Å²) in [5.74, 6) is 0.559. The van der Waals surface area contributed by atoms with Crippen LogP contribution in [0.1, 0.15) is 56.8 Å². The number of likely N-dealkylation sites (tertiary alicyclic amines) is 1. The SMILES string of the molecule is CC(C)(C)OC(=O)N1CCCC(CCC(=O)c2ccccc2)C1. The second-order valence-corrected chi connectivity index (χ2v) is 7.26. The first-order chi connectivity index (χ1) is 10.8. The largest absolute Gasteiger partial charge is 0.444 e. The van der Waals surface area contributed by atoms with E-state index in [-0.39, 0.29) is 11.9 Å². The number of carbonyl (C=O) groups excluding carboxylic acids is 2. The molecule has 0 radical (unpaired) electrons. The van der Waals surface area contributed by atoms with Gasteiger partial charge >= 0.3 is 6.09 Å². The van der Waals surface area contributed by atoms with Gasteiger partial charge in [-0.25, -0.2) is 4.79 Å². The van der Waals surface area contributed by atoms with Gasteiger partial charge in [0, 0.05) is 25.1 Å². The van der Waals surface area contributed by atoms with Crippen LogP contribution in [0.4, 0.5) is 4.79 Å². The van der Waals surface area contributed by atoms with Gasteiger partial charge in [-0.15, -0.1) is 0 Å². The number of carbonyl (C=O) groups is 2. The Balaban J connectivity index is 1.82. The minimum absolute atomic E-state index is 0.181. The number of hydrogen-bond donors (Lipinski definition) is 0. The van der Waals surface area contributed by atoms with Gasteiger partial charge in [-0.05, 0) is 46.0 Å². The Morgan fingerprint density at radius 3 is 2.57 bits per heavy atom. The van der Waals surface area contributed by atoms with Crippen LogP contribution >= 0.6 is 0 Å². The summed E-state index contributed by atoms with van der Waals surface area (Å²) >= 11 is 0. The smallest absolute Gasteiger partial charge is 0.410 e. The summed E-state index contributed by atoms with van der Waals surface area (Å²) in [6.45, 7) is 7.08. The van der Waals surface area contributed by atoms with Gasteiger partial charge in [-0.2, -0.15) is 0 Å². The first-order valence-electron chi connectivity index (χ1n) is 8.41. The quantitative estimate of drug-likeness (QED) is 0.778. The van der Waals surface area contributed by atoms with Gasteiger partial charge in [0.15, 0.2) is 5.78 Å². The van der Waals surface area contributed by atoms with Gasteiger partial charge < -0.3 is 9.64 Å². The van der Waals surface area contributed by atoms with E-state index in [1.54, 1.807) is 4.90 Å². The zero-order valence-electron chi connectivity index (χ0n) is 14.4. The minimum Gasteiger partial charge on any atom is -0.444 e. The molecule has 1 heterocycles. The molecule has 0 aliphatic carbocycles. The van der Waals surface area contributed by atoms with E-state index in [4.69, 9.17) is 4.74 Å². The number of nitrogens with zero attached hydrogens (tertiary/aromatic N) is 1. The van der Waals surface area contributed by atoms with Crippen LogP contribution in [0.15, 0.2) is 30.3 Å². The molecule has 1 aliphatic rings. The lowest BCUT2D eigenvalue weighted by molar-refractivity contribution is 0.0162. The maximum Gasteiger partial charge on any atom is 0.410 e. The molecule has 1 atom stereocenters. The van der Waals surface area contributed by atoms with Crippen LogP contribution in [0, 0.1) is 5.92 Å². The third kappa shape index (κ3) is 5.70. The van der Waals surface area contributed by atoms with Crippen molar-refractivity contribution in [2.75, 3.05) is 13.1 Å². The van der Waals surface area contributed by atoms with Crippen LogP contribution in [0.25, 0.3) is 0 Å². The van der Waals surface area contributed by atoms with E-state index in [2.05, 4.69) is 0 Å². The second kappa shape index (κ2) is 7.62. The van der Waals surface area contributed by atoms with E-state index in [0.717, 1.165) is 31.4 Å². The van der Waals surface area contributed by atoms with Gasteiger partial charge in [-0.3, -0.25) is 4.79 Å². The van der Waals surface area contributed by atoms with Crippen molar-refractivity contribution in [3.8, 4) is 0 Å². The normalized spacial score (nSPS) is 18.6. The Hall–Kier alpha value is -1.84. The number of hydrogen-bond acceptors (Lipinski definition) is 3. The van der Waals surface area contributed by atoms with E-state index < -0.39 is 5.60 Å². The molecular weight excluding hydrogens is 290 g/mol. The average molecular weight is 317 g/mol. The standard InChI is InChI=1S/C19H27NO3/c1-19(2,3)23-18(22)20-13-7-8-15(14-20)11-12-17(21)16-9-5-4-6-10-16/h4-6,9-10,15H,7-8,11-14H2,1-3H3. The van der Waals surface area contributed by atoms with Crippen molar-refractivity contribution in [2.45, 2.75) is 52.1 Å². The van der Waals surface area contributed by atoms with Crippen molar-refractivity contribution in [1.82, 2.24) is 4.90 Å². The van der Waals surface area contributed by atoms with Gasteiger partial charge in [-0.1, -0.05) is 30.3 Å². The Morgan fingerprint density at radius 2 is 1.91 bits per heavy atom. The maximum atomic E-state index is 12.2. The van der Waals surface area contributed by atoms with Gasteiger partial charge in [0.25, 0.3) is 0 Å². The summed E-state index contributed by atoms with van der Waals surface area (Å²) in [6, 6.07) is 9.40. The number of ketones is 1. The van der Waals surface area contributed by atoms with Crippen LogP contribution in [-0.4, -0.2) is 35.5 Å². The summed E-state index contributed by atoms with van der Waals surface area (Å²) in [5, 5.41) is 0. The van der Waals surface area contributed by atoms with Crippen molar-refractivity contribution < 1.29 is 14.3 Å². The first kappa shape index (κ1) is 17.5. The first-order valence-corrected chi connectivity index (χ1v) is 8.41. The highest BCUT2D eigenvalue weighted by Crippen LogP contribution is 2.23. The molecule has 1 aromatic carbocycles. The summed E-state index contributed by atoms with van der Waals surface area (Å²) < 4.78 is 5.44. The number of piperidine rings is 1. The molecule has 1 unspecified atom stereocenters. The van der Waals surface area contributed by atoms with Crippen molar-refractivity contribution in [3.63, 3.8) is 0 Å². The van der Waals surface area contributed by atoms with E-state index in [1.807, 2.05) is 51.1 Å². The average Bonchev–Trinajstić information content (AvgIpc) is 2.52. The van der Waals surface area contributed by atoms with Crippen LogP contribution in [-0.2, 0) is 4.74 Å². The highest BCUT2D eigenvalue weighted by Gasteiger charge is 2.27. The zero-order chi connectivity index (χ0) is 16.9. The number of ether oxygens (including phenoxy) is 1. The molecule has 4 heteroatoms. The third-order valence-corrected chi connectivity index (χ3v) is 4.05. The van der Waals surface area contributed by atoms with Crippen LogP contribution < -0.4 is 0 Å². The molecule has 0 N–H and O–H groups in total. The molecule has 0 aromatic heterocycles. The van der Waals surface area contributed by atoms with E-state index in [9.17, 15) is 9.59 Å². The van der Waals surface area contributed by atoms with Crippen molar-refractivity contribution in [1.29, 1.82) is 0 Å². The number of Topliss-reactive ketones (excluding diaryl/α,β-unsaturated/α-hetero) is 1. The monoisotopic (exact) mass is 317 g/mol. The molecular formula is C19H27NO3. The lowest BCUT2D eigenvalue weighted by atomic mass is 9.91. The van der Waals surface area contributed by atoms with E-state index in [0.29, 0.717) is 18.9 Å². The number of benzene rings is 1. The Bertz CT molecular complexity index is 533. The number of rotatable bonds is 4. The summed E-state index contributed by atoms with van der Waals surface area (Å²) in [5.41, 5.74) is 0.306. The van der Waals surface area contributed by atoms with Crippen molar-refractivity contribution >= 4 is 11.9 Å². The molecule has 1 aromatic rings. The highest BCUT2D eigenvalue weighted by atomic mass is 16.6. The second-order valence-electron chi connectivity index (χ2n) is 7.26. The molecule has 23 heavy (non-hydrogen) atoms. The molecule has 126 valence electrons. The van der Waals surface area contributed by atoms with Gasteiger partial charge in [0.1, 0.15) is 5.60 Å². The number of amides is 1. The third-order valence-electron chi connectivity index (χ3n) is 4.05. The summed E-state index contributed by atoms with van der Waals surface area (Å²) in [7, 11) is 0. The van der Waals surface area contributed by atoms with Crippen LogP contribution in [0.3, 0.4) is 0 Å². The topological polar surface area (TPSA) is 46.6 Å². The lowest BCUT2D eigenvalue weighted by Gasteiger charge is -2.34. The van der Waals surface area contributed by atoms with Crippen molar-refractivity contribution in [2.24, 2.45) is 5.92 Å². The van der Waals surface area contributed by atoms with Crippen LogP contribution in [0.5, 0.6) is 0 Å². The zero-order valence-corrected chi connectivity index (χ0v) is 14.4. The molecule has 1 fully saturated rings. The Kier molecular flexibility index (Phi) is 5.80. The fourth-order valence-corrected chi connectivity index (χ4v) is 2.90. The molecule has 0 bridgehead atoms. The molecule has 1 amide bonds. The molecule has 2 rings (SSSR count). The molecule has 0 saturated carbocycles. The molecule has 0 spiro atoms. The van der Waals surface area contributed by atoms with E-state index in [1.165, 1.54) is 0 Å². The predicted octanol–water partition coefficient (Wildman–Crippen LogP) is 4.30. The molecule has 1 saturated heterocycles. The van der Waals surface area contributed by atoms with Crippen LogP contribution in [0.2, 0.25) is 0 Å². The van der Waals surface area contributed by atoms with Crippen molar-refractivity contribution in [3.05, 3.63) is 35.9 Å². The summed E-state index contributed by atoms with van der Waals surface area (Å²) in [4.78, 5) is 26.1. The Labute approximate surface area is 138 Å². The summed E-state index contributed by atoms with van der Waals surface area (Å²) in [6.07, 6.45) is 3.17. The lowest BCUT2D eigenvalue weighted by Crippen LogP contribution is -2.42. The maximum absolute atomic E-state index is 12.2.